The fourth-order valence-corrected chi connectivity index (χ4v) is 4.75. The third-order valence-electron chi connectivity index (χ3n) is 5.02. The number of fused-ring (bicyclic) bond motifs is 2. The first-order chi connectivity index (χ1) is 11.3. The molecule has 2 bridgehead atoms. The molecule has 0 saturated carbocycles. The summed E-state index contributed by atoms with van der Waals surface area (Å²) in [4.78, 5) is 4.79. The summed E-state index contributed by atoms with van der Waals surface area (Å²) in [5.41, 5.74) is 2.86. The third kappa shape index (κ3) is 2.97. The number of benzene rings is 1. The van der Waals surface area contributed by atoms with Gasteiger partial charge < -0.3 is 0 Å². The summed E-state index contributed by atoms with van der Waals surface area (Å²) in [6, 6.07) is 18.3. The van der Waals surface area contributed by atoms with Gasteiger partial charge in [0, 0.05) is 23.5 Å². The maximum absolute atomic E-state index is 9.05. The quantitative estimate of drug-likeness (QED) is 0.810. The van der Waals surface area contributed by atoms with Crippen LogP contribution in [0.25, 0.3) is 5.57 Å². The Balaban J connectivity index is 1.59. The third-order valence-corrected chi connectivity index (χ3v) is 6.09. The van der Waals surface area contributed by atoms with E-state index in [0.717, 1.165) is 17.8 Å². The Morgan fingerprint density at radius 2 is 2.00 bits per heavy atom. The van der Waals surface area contributed by atoms with Crippen molar-refractivity contribution in [3.63, 3.8) is 0 Å². The molecule has 2 aliphatic rings. The van der Waals surface area contributed by atoms with Crippen molar-refractivity contribution in [1.29, 1.82) is 5.26 Å². The lowest BCUT2D eigenvalue weighted by Crippen LogP contribution is -2.47. The summed E-state index contributed by atoms with van der Waals surface area (Å²) >= 11 is 1.64. The van der Waals surface area contributed by atoms with Gasteiger partial charge in [0.15, 0.2) is 0 Å². The van der Waals surface area contributed by atoms with E-state index < -0.39 is 0 Å². The molecule has 2 aliphatic heterocycles. The Kier molecular flexibility index (Phi) is 4.03. The number of thiophene rings is 1. The van der Waals surface area contributed by atoms with Gasteiger partial charge in [0.2, 0.25) is 0 Å². The van der Waals surface area contributed by atoms with Crippen LogP contribution in [0, 0.1) is 11.3 Å². The average Bonchev–Trinajstić information content (AvgIpc) is 3.05. The van der Waals surface area contributed by atoms with Crippen LogP contribution in [0.2, 0.25) is 0 Å². The minimum Gasteiger partial charge on any atom is -0.289 e. The highest BCUT2D eigenvalue weighted by molar-refractivity contribution is 7.13. The normalized spacial score (nSPS) is 24.0. The molecule has 1 saturated heterocycles. The summed E-state index contributed by atoms with van der Waals surface area (Å²) in [6.07, 6.45) is 7.46. The van der Waals surface area contributed by atoms with E-state index in [9.17, 15) is 0 Å². The SMILES string of the molecule is N#Cc1ccc(C2=CC3CCCC(C2)N3Cc2ccccc2)s1. The molecule has 0 amide bonds. The average molecular weight is 320 g/mol. The van der Waals surface area contributed by atoms with Crippen LogP contribution < -0.4 is 0 Å². The Morgan fingerprint density at radius 1 is 1.13 bits per heavy atom. The van der Waals surface area contributed by atoms with Crippen molar-refractivity contribution < 1.29 is 0 Å². The molecule has 0 spiro atoms. The molecule has 2 nitrogen and oxygen atoms in total. The molecule has 1 aromatic heterocycles. The molecule has 0 radical (unpaired) electrons. The van der Waals surface area contributed by atoms with E-state index in [1.807, 2.05) is 6.07 Å². The zero-order chi connectivity index (χ0) is 15.6. The van der Waals surface area contributed by atoms with Crippen LogP contribution in [0.1, 0.15) is 41.0 Å². The molecule has 2 atom stereocenters. The molecule has 3 heterocycles. The van der Waals surface area contributed by atoms with Gasteiger partial charge in [-0.1, -0.05) is 42.8 Å². The largest absolute Gasteiger partial charge is 0.289 e. The maximum Gasteiger partial charge on any atom is 0.110 e. The Hall–Kier alpha value is -1.89. The molecule has 0 aliphatic carbocycles. The van der Waals surface area contributed by atoms with Crippen molar-refractivity contribution in [2.45, 2.75) is 44.3 Å². The van der Waals surface area contributed by atoms with Gasteiger partial charge in [-0.15, -0.1) is 11.3 Å². The van der Waals surface area contributed by atoms with Crippen molar-refractivity contribution in [2.24, 2.45) is 0 Å². The second-order valence-electron chi connectivity index (χ2n) is 6.48. The highest BCUT2D eigenvalue weighted by atomic mass is 32.1. The molecule has 3 heteroatoms. The number of hydrogen-bond donors (Lipinski definition) is 0. The van der Waals surface area contributed by atoms with E-state index in [2.05, 4.69) is 53.4 Å². The predicted molar refractivity (Wildman–Crippen MR) is 95.0 cm³/mol. The number of rotatable bonds is 3. The van der Waals surface area contributed by atoms with Gasteiger partial charge in [-0.05, 0) is 42.5 Å². The molecule has 0 N–H and O–H groups in total. The monoisotopic (exact) mass is 320 g/mol. The standard InChI is InChI=1S/C20H20N2S/c21-13-19-9-10-20(23-19)16-11-17-7-4-8-18(12-16)22(17)14-15-5-2-1-3-6-15/h1-3,5-6,9-11,17-18H,4,7-8,12,14H2. The number of nitriles is 1. The van der Waals surface area contributed by atoms with Gasteiger partial charge in [-0.3, -0.25) is 4.90 Å². The molecule has 4 rings (SSSR count). The lowest BCUT2D eigenvalue weighted by atomic mass is 9.84. The zero-order valence-corrected chi connectivity index (χ0v) is 13.9. The molecule has 23 heavy (non-hydrogen) atoms. The highest BCUT2D eigenvalue weighted by Gasteiger charge is 2.34. The molecule has 2 unspecified atom stereocenters. The van der Waals surface area contributed by atoms with Crippen molar-refractivity contribution in [3.8, 4) is 6.07 Å². The Morgan fingerprint density at radius 3 is 2.74 bits per heavy atom. The van der Waals surface area contributed by atoms with Gasteiger partial charge in [-0.25, -0.2) is 0 Å². The first kappa shape index (κ1) is 14.7. The van der Waals surface area contributed by atoms with Crippen molar-refractivity contribution in [2.75, 3.05) is 0 Å². The molecule has 2 aromatic rings. The van der Waals surface area contributed by atoms with E-state index >= 15 is 0 Å². The summed E-state index contributed by atoms with van der Waals surface area (Å²) < 4.78 is 0. The molecule has 116 valence electrons. The second-order valence-corrected chi connectivity index (χ2v) is 7.57. The first-order valence-corrected chi connectivity index (χ1v) is 9.16. The minimum atomic E-state index is 0.547. The van der Waals surface area contributed by atoms with Crippen molar-refractivity contribution in [1.82, 2.24) is 4.90 Å². The van der Waals surface area contributed by atoms with Gasteiger partial charge in [0.05, 0.1) is 0 Å². The van der Waals surface area contributed by atoms with Crippen LogP contribution in [-0.4, -0.2) is 17.0 Å². The first-order valence-electron chi connectivity index (χ1n) is 8.34. The van der Waals surface area contributed by atoms with Crippen molar-refractivity contribution >= 4 is 16.9 Å². The number of nitrogens with zero attached hydrogens (tertiary/aromatic N) is 2. The Bertz CT molecular complexity index is 753. The van der Waals surface area contributed by atoms with Gasteiger partial charge in [0.25, 0.3) is 0 Å². The van der Waals surface area contributed by atoms with Gasteiger partial charge in [-0.2, -0.15) is 5.26 Å². The maximum atomic E-state index is 9.05. The van der Waals surface area contributed by atoms with E-state index in [4.69, 9.17) is 5.26 Å². The number of hydrogen-bond acceptors (Lipinski definition) is 3. The summed E-state index contributed by atoms with van der Waals surface area (Å²) in [7, 11) is 0. The fourth-order valence-electron chi connectivity index (χ4n) is 3.91. The van der Waals surface area contributed by atoms with Gasteiger partial charge >= 0.3 is 0 Å². The summed E-state index contributed by atoms with van der Waals surface area (Å²) in [5.74, 6) is 0. The van der Waals surface area contributed by atoms with Crippen LogP contribution in [0.3, 0.4) is 0 Å². The number of piperidine rings is 1. The lowest BCUT2D eigenvalue weighted by molar-refractivity contribution is 0.0952. The molecular formula is C20H20N2S. The van der Waals surface area contributed by atoms with Crippen LogP contribution >= 0.6 is 11.3 Å². The van der Waals surface area contributed by atoms with Crippen LogP contribution in [0.15, 0.2) is 48.5 Å². The summed E-state index contributed by atoms with van der Waals surface area (Å²) in [5, 5.41) is 9.05. The second kappa shape index (κ2) is 6.31. The molecule has 1 fully saturated rings. The topological polar surface area (TPSA) is 27.0 Å². The van der Waals surface area contributed by atoms with Crippen LogP contribution in [0.4, 0.5) is 0 Å². The van der Waals surface area contributed by atoms with E-state index in [1.165, 1.54) is 35.3 Å². The predicted octanol–water partition coefficient (Wildman–Crippen LogP) is 4.83. The van der Waals surface area contributed by atoms with Crippen molar-refractivity contribution in [3.05, 3.63) is 63.9 Å². The fraction of sp³-hybridized carbons (Fsp3) is 0.350. The smallest absolute Gasteiger partial charge is 0.110 e. The summed E-state index contributed by atoms with van der Waals surface area (Å²) in [6.45, 7) is 1.05. The van der Waals surface area contributed by atoms with Crippen LogP contribution in [-0.2, 0) is 6.54 Å². The van der Waals surface area contributed by atoms with Gasteiger partial charge in [0.1, 0.15) is 10.9 Å². The van der Waals surface area contributed by atoms with E-state index in [1.54, 1.807) is 11.3 Å². The zero-order valence-electron chi connectivity index (χ0n) is 13.1. The molecule has 1 aromatic carbocycles. The highest BCUT2D eigenvalue weighted by Crippen LogP contribution is 2.39. The van der Waals surface area contributed by atoms with Crippen LogP contribution in [0.5, 0.6) is 0 Å². The Labute approximate surface area is 141 Å². The minimum absolute atomic E-state index is 0.547. The lowest BCUT2D eigenvalue weighted by Gasteiger charge is -2.45. The van der Waals surface area contributed by atoms with E-state index in [-0.39, 0.29) is 0 Å². The van der Waals surface area contributed by atoms with E-state index in [0.29, 0.717) is 12.1 Å². The molecular weight excluding hydrogens is 300 g/mol.